The lowest BCUT2D eigenvalue weighted by Crippen LogP contribution is -2.32. The summed E-state index contributed by atoms with van der Waals surface area (Å²) in [5, 5.41) is 10.9. The fourth-order valence-corrected chi connectivity index (χ4v) is 3.47. The first-order valence-electron chi connectivity index (χ1n) is 9.26. The van der Waals surface area contributed by atoms with E-state index in [-0.39, 0.29) is 17.3 Å². The second-order valence-corrected chi connectivity index (χ2v) is 7.55. The van der Waals surface area contributed by atoms with Crippen LogP contribution in [0.2, 0.25) is 0 Å². The van der Waals surface area contributed by atoms with Crippen LogP contribution in [0.15, 0.2) is 88.0 Å². The molecule has 0 aromatic heterocycles. The number of non-ortho nitro benzene ring substituents is 1. The van der Waals surface area contributed by atoms with E-state index in [0.29, 0.717) is 28.4 Å². The first-order valence-corrected chi connectivity index (χ1v) is 10.1. The molecule has 0 aliphatic carbocycles. The maximum absolute atomic E-state index is 13.3. The van der Waals surface area contributed by atoms with Crippen LogP contribution in [-0.4, -0.2) is 23.8 Å². The van der Waals surface area contributed by atoms with Crippen LogP contribution in [0.25, 0.3) is 6.08 Å². The zero-order chi connectivity index (χ0) is 22.0. The van der Waals surface area contributed by atoms with E-state index in [1.54, 1.807) is 31.4 Å². The second kappa shape index (κ2) is 8.53. The molecule has 0 fully saturated rings. The van der Waals surface area contributed by atoms with E-state index >= 15 is 0 Å². The lowest BCUT2D eigenvalue weighted by molar-refractivity contribution is -0.384. The van der Waals surface area contributed by atoms with Crippen molar-refractivity contribution < 1.29 is 14.5 Å². The SMILES string of the molecule is COc1ccccc1C1=N/C(=C/c2ccc([N+](=O)[O-])cc2)C(=O)N1c1ccc(Br)cc1. The summed E-state index contributed by atoms with van der Waals surface area (Å²) in [7, 11) is 1.56. The van der Waals surface area contributed by atoms with Crippen LogP contribution in [0, 0.1) is 10.1 Å². The molecule has 8 heteroatoms. The van der Waals surface area contributed by atoms with Gasteiger partial charge < -0.3 is 4.74 Å². The smallest absolute Gasteiger partial charge is 0.282 e. The molecule has 1 heterocycles. The van der Waals surface area contributed by atoms with Crippen molar-refractivity contribution in [2.75, 3.05) is 12.0 Å². The molecule has 154 valence electrons. The molecule has 0 saturated heterocycles. The number of methoxy groups -OCH3 is 1. The molecule has 1 amide bonds. The maximum atomic E-state index is 13.3. The van der Waals surface area contributed by atoms with Crippen LogP contribution < -0.4 is 9.64 Å². The molecule has 0 N–H and O–H groups in total. The minimum absolute atomic E-state index is 0.0189. The highest BCUT2D eigenvalue weighted by atomic mass is 79.9. The molecule has 0 saturated carbocycles. The number of nitrogens with zero attached hydrogens (tertiary/aromatic N) is 3. The Morgan fingerprint density at radius 2 is 1.71 bits per heavy atom. The third-order valence-corrected chi connectivity index (χ3v) is 5.23. The molecule has 0 atom stereocenters. The van der Waals surface area contributed by atoms with Crippen molar-refractivity contribution in [1.82, 2.24) is 0 Å². The molecular weight excluding hydrogens is 462 g/mol. The molecule has 0 spiro atoms. The fraction of sp³-hybridized carbons (Fsp3) is 0.0435. The zero-order valence-corrected chi connectivity index (χ0v) is 17.9. The predicted octanol–water partition coefficient (Wildman–Crippen LogP) is 5.20. The number of nitro benzene ring substituents is 1. The quantitative estimate of drug-likeness (QED) is 0.287. The normalized spacial score (nSPS) is 14.6. The Balaban J connectivity index is 1.82. The monoisotopic (exact) mass is 477 g/mol. The summed E-state index contributed by atoms with van der Waals surface area (Å²) in [5.74, 6) is 0.729. The van der Waals surface area contributed by atoms with Gasteiger partial charge in [-0.05, 0) is 60.2 Å². The summed E-state index contributed by atoms with van der Waals surface area (Å²) >= 11 is 3.41. The van der Waals surface area contributed by atoms with Gasteiger partial charge >= 0.3 is 0 Å². The van der Waals surface area contributed by atoms with Gasteiger partial charge in [-0.15, -0.1) is 0 Å². The summed E-state index contributed by atoms with van der Waals surface area (Å²) in [6, 6.07) is 20.6. The summed E-state index contributed by atoms with van der Waals surface area (Å²) in [5.41, 5.74) is 2.17. The number of benzene rings is 3. The standard InChI is InChI=1S/C23H16BrN3O4/c1-31-21-5-3-2-4-19(21)22-25-20(14-15-6-10-18(11-7-15)27(29)30)23(28)26(22)17-12-8-16(24)9-13-17/h2-14H,1H3/b20-14+. The average Bonchev–Trinajstić information content (AvgIpc) is 3.10. The Morgan fingerprint density at radius 3 is 2.35 bits per heavy atom. The van der Waals surface area contributed by atoms with Crippen LogP contribution in [0.5, 0.6) is 5.75 Å². The number of amidine groups is 1. The summed E-state index contributed by atoms with van der Waals surface area (Å²) in [6.45, 7) is 0. The van der Waals surface area contributed by atoms with E-state index in [1.807, 2.05) is 42.5 Å². The third kappa shape index (κ3) is 4.10. The number of aliphatic imine (C=N–C) groups is 1. The van der Waals surface area contributed by atoms with Gasteiger partial charge in [-0.1, -0.05) is 28.1 Å². The van der Waals surface area contributed by atoms with E-state index in [2.05, 4.69) is 20.9 Å². The number of halogens is 1. The van der Waals surface area contributed by atoms with Gasteiger partial charge in [0.2, 0.25) is 0 Å². The second-order valence-electron chi connectivity index (χ2n) is 6.63. The Kier molecular flexibility index (Phi) is 5.64. The Hall–Kier alpha value is -3.78. The van der Waals surface area contributed by atoms with Crippen molar-refractivity contribution in [3.05, 3.63) is 104 Å². The Bertz CT molecular complexity index is 1220. The van der Waals surface area contributed by atoms with Crippen LogP contribution in [0.4, 0.5) is 11.4 Å². The van der Waals surface area contributed by atoms with Crippen molar-refractivity contribution in [2.45, 2.75) is 0 Å². The largest absolute Gasteiger partial charge is 0.496 e. The molecule has 31 heavy (non-hydrogen) atoms. The van der Waals surface area contributed by atoms with Crippen molar-refractivity contribution in [3.63, 3.8) is 0 Å². The number of rotatable bonds is 5. The highest BCUT2D eigenvalue weighted by molar-refractivity contribution is 9.10. The van der Waals surface area contributed by atoms with Gasteiger partial charge in [0, 0.05) is 16.6 Å². The summed E-state index contributed by atoms with van der Waals surface area (Å²) < 4.78 is 6.36. The van der Waals surface area contributed by atoms with Gasteiger partial charge in [0.05, 0.1) is 23.3 Å². The molecule has 0 unspecified atom stereocenters. The van der Waals surface area contributed by atoms with Crippen molar-refractivity contribution in [1.29, 1.82) is 0 Å². The van der Waals surface area contributed by atoms with Gasteiger partial charge in [-0.2, -0.15) is 0 Å². The van der Waals surface area contributed by atoms with E-state index in [0.717, 1.165) is 4.47 Å². The molecular formula is C23H16BrN3O4. The minimum Gasteiger partial charge on any atom is -0.496 e. The van der Waals surface area contributed by atoms with Gasteiger partial charge in [-0.3, -0.25) is 19.8 Å². The number of amides is 1. The minimum atomic E-state index is -0.467. The van der Waals surface area contributed by atoms with Gasteiger partial charge in [0.1, 0.15) is 11.4 Å². The van der Waals surface area contributed by atoms with Crippen LogP contribution in [-0.2, 0) is 4.79 Å². The van der Waals surface area contributed by atoms with Gasteiger partial charge in [0.15, 0.2) is 5.84 Å². The van der Waals surface area contributed by atoms with E-state index in [4.69, 9.17) is 4.74 Å². The molecule has 4 rings (SSSR count). The van der Waals surface area contributed by atoms with Crippen LogP contribution >= 0.6 is 15.9 Å². The van der Waals surface area contributed by atoms with Gasteiger partial charge in [-0.25, -0.2) is 4.99 Å². The Labute approximate surface area is 186 Å². The fourth-order valence-electron chi connectivity index (χ4n) is 3.21. The number of para-hydroxylation sites is 1. The van der Waals surface area contributed by atoms with Crippen LogP contribution in [0.3, 0.4) is 0 Å². The number of hydrogen-bond acceptors (Lipinski definition) is 5. The van der Waals surface area contributed by atoms with Crippen molar-refractivity contribution >= 4 is 45.1 Å². The molecule has 0 radical (unpaired) electrons. The molecule has 7 nitrogen and oxygen atoms in total. The number of nitro groups is 1. The zero-order valence-electron chi connectivity index (χ0n) is 16.4. The number of carbonyl (C=O) groups is 1. The van der Waals surface area contributed by atoms with Crippen LogP contribution in [0.1, 0.15) is 11.1 Å². The third-order valence-electron chi connectivity index (χ3n) is 4.70. The molecule has 0 bridgehead atoms. The number of hydrogen-bond donors (Lipinski definition) is 0. The Morgan fingerprint density at radius 1 is 1.03 bits per heavy atom. The average molecular weight is 478 g/mol. The lowest BCUT2D eigenvalue weighted by Gasteiger charge is -2.20. The van der Waals surface area contributed by atoms with Crippen molar-refractivity contribution in [3.8, 4) is 5.75 Å². The van der Waals surface area contributed by atoms with Gasteiger partial charge in [0.25, 0.3) is 11.6 Å². The summed E-state index contributed by atoms with van der Waals surface area (Å²) in [6.07, 6.45) is 1.61. The topological polar surface area (TPSA) is 85.0 Å². The summed E-state index contributed by atoms with van der Waals surface area (Å²) in [4.78, 5) is 29.9. The lowest BCUT2D eigenvalue weighted by atomic mass is 10.1. The van der Waals surface area contributed by atoms with E-state index < -0.39 is 4.92 Å². The molecule has 3 aromatic carbocycles. The first-order chi connectivity index (χ1) is 15.0. The number of ether oxygens (including phenoxy) is 1. The first kappa shape index (κ1) is 20.5. The van der Waals surface area contributed by atoms with E-state index in [9.17, 15) is 14.9 Å². The maximum Gasteiger partial charge on any atom is 0.282 e. The van der Waals surface area contributed by atoms with Crippen molar-refractivity contribution in [2.24, 2.45) is 4.99 Å². The highest BCUT2D eigenvalue weighted by Gasteiger charge is 2.33. The molecule has 3 aromatic rings. The molecule has 1 aliphatic heterocycles. The van der Waals surface area contributed by atoms with E-state index in [1.165, 1.54) is 17.0 Å². The predicted molar refractivity (Wildman–Crippen MR) is 122 cm³/mol. The number of anilines is 1. The highest BCUT2D eigenvalue weighted by Crippen LogP contribution is 2.32. The molecule has 1 aliphatic rings. The number of carbonyl (C=O) groups excluding carboxylic acids is 1.